The Morgan fingerprint density at radius 2 is 1.73 bits per heavy atom. The van der Waals surface area contributed by atoms with Gasteiger partial charge >= 0.3 is 0 Å². The van der Waals surface area contributed by atoms with Gasteiger partial charge < -0.3 is 4.79 Å². The van der Waals surface area contributed by atoms with E-state index >= 15 is 0 Å². The van der Waals surface area contributed by atoms with Crippen LogP contribution in [0.25, 0.3) is 0 Å². The van der Waals surface area contributed by atoms with E-state index in [2.05, 4.69) is 0 Å². The Hall–Kier alpha value is -1.16. The molecule has 0 saturated carbocycles. The van der Waals surface area contributed by atoms with Crippen LogP contribution in [0.3, 0.4) is 0 Å². The molecule has 0 heterocycles. The summed E-state index contributed by atoms with van der Waals surface area (Å²) in [7, 11) is -3.42. The van der Waals surface area contributed by atoms with Crippen LogP contribution in [0.5, 0.6) is 0 Å². The molecule has 0 spiro atoms. The first kappa shape index (κ1) is 11.9. The van der Waals surface area contributed by atoms with Crippen molar-refractivity contribution in [2.24, 2.45) is 0 Å². The quantitative estimate of drug-likeness (QED) is 0.735. The molecule has 0 unspecified atom stereocenters. The van der Waals surface area contributed by atoms with Crippen LogP contribution < -0.4 is 0 Å². The van der Waals surface area contributed by atoms with Gasteiger partial charge in [0.25, 0.3) is 0 Å². The monoisotopic (exact) mass is 226 g/mol. The molecular weight excluding hydrogens is 212 g/mol. The van der Waals surface area contributed by atoms with Gasteiger partial charge in [-0.1, -0.05) is 26.0 Å². The molecule has 0 aromatic heterocycles. The number of aldehydes is 1. The van der Waals surface area contributed by atoms with Crippen molar-refractivity contribution >= 4 is 16.1 Å². The molecule has 0 atom stereocenters. The summed E-state index contributed by atoms with van der Waals surface area (Å²) >= 11 is 0. The van der Waals surface area contributed by atoms with Gasteiger partial charge in [-0.05, 0) is 23.6 Å². The number of benzene rings is 1. The van der Waals surface area contributed by atoms with Crippen LogP contribution >= 0.6 is 0 Å². The Morgan fingerprint density at radius 3 is 2.13 bits per heavy atom. The molecule has 0 bridgehead atoms. The molecule has 0 fully saturated rings. The minimum Gasteiger partial charge on any atom is -0.302 e. The van der Waals surface area contributed by atoms with Gasteiger partial charge in [0.2, 0.25) is 0 Å². The fourth-order valence-electron chi connectivity index (χ4n) is 1.25. The molecule has 4 heteroatoms. The maximum atomic E-state index is 11.5. The summed E-state index contributed by atoms with van der Waals surface area (Å²) in [5, 5.41) is 0. The van der Waals surface area contributed by atoms with Gasteiger partial charge in [-0.25, -0.2) is 8.42 Å². The third-order valence-corrected chi connectivity index (χ3v) is 3.76. The Bertz CT molecular complexity index is 429. The van der Waals surface area contributed by atoms with Crippen LogP contribution in [-0.4, -0.2) is 20.5 Å². The van der Waals surface area contributed by atoms with E-state index in [0.717, 1.165) is 5.56 Å². The Kier molecular flexibility index (Phi) is 3.63. The van der Waals surface area contributed by atoms with E-state index in [-0.39, 0.29) is 4.90 Å². The molecule has 0 aliphatic heterocycles. The van der Waals surface area contributed by atoms with Crippen molar-refractivity contribution in [2.45, 2.75) is 24.7 Å². The highest BCUT2D eigenvalue weighted by atomic mass is 32.2. The Labute approximate surface area is 90.0 Å². The zero-order valence-electron chi connectivity index (χ0n) is 8.80. The van der Waals surface area contributed by atoms with Crippen LogP contribution in [-0.2, 0) is 14.6 Å². The fourth-order valence-corrected chi connectivity index (χ4v) is 2.17. The minimum atomic E-state index is -3.42. The van der Waals surface area contributed by atoms with Crippen molar-refractivity contribution in [3.05, 3.63) is 29.8 Å². The lowest BCUT2D eigenvalue weighted by atomic mass is 10.0. The normalized spacial score (nSPS) is 11.7. The average Bonchev–Trinajstić information content (AvgIpc) is 2.18. The van der Waals surface area contributed by atoms with E-state index in [0.29, 0.717) is 12.2 Å². The molecule has 1 aromatic rings. The van der Waals surface area contributed by atoms with E-state index in [1.54, 1.807) is 24.3 Å². The summed E-state index contributed by atoms with van der Waals surface area (Å²) in [6.07, 6.45) is 0.408. The van der Waals surface area contributed by atoms with Gasteiger partial charge in [0.15, 0.2) is 9.84 Å². The average molecular weight is 226 g/mol. The van der Waals surface area contributed by atoms with Crippen molar-refractivity contribution in [3.63, 3.8) is 0 Å². The number of carbonyl (C=O) groups is 1. The number of hydrogen-bond donors (Lipinski definition) is 0. The number of rotatable bonds is 4. The maximum Gasteiger partial charge on any atom is 0.185 e. The van der Waals surface area contributed by atoms with Gasteiger partial charge in [0, 0.05) is 0 Å². The molecule has 15 heavy (non-hydrogen) atoms. The van der Waals surface area contributed by atoms with Gasteiger partial charge in [-0.3, -0.25) is 0 Å². The number of sulfone groups is 1. The van der Waals surface area contributed by atoms with Crippen molar-refractivity contribution in [1.29, 1.82) is 0 Å². The number of carbonyl (C=O) groups excluding carboxylic acids is 1. The summed E-state index contributed by atoms with van der Waals surface area (Å²) in [6, 6.07) is 6.66. The zero-order chi connectivity index (χ0) is 11.5. The lowest BCUT2D eigenvalue weighted by Gasteiger charge is -2.06. The van der Waals surface area contributed by atoms with Crippen molar-refractivity contribution < 1.29 is 13.2 Å². The second-order valence-corrected chi connectivity index (χ2v) is 5.71. The lowest BCUT2D eigenvalue weighted by Crippen LogP contribution is -2.07. The van der Waals surface area contributed by atoms with E-state index in [1.165, 1.54) is 0 Å². The van der Waals surface area contributed by atoms with E-state index < -0.39 is 15.6 Å². The van der Waals surface area contributed by atoms with Gasteiger partial charge in [0.05, 0.1) is 4.90 Å². The molecule has 0 radical (unpaired) electrons. The molecule has 3 nitrogen and oxygen atoms in total. The molecule has 0 amide bonds. The summed E-state index contributed by atoms with van der Waals surface area (Å²) in [6.45, 7) is 4.07. The lowest BCUT2D eigenvalue weighted by molar-refractivity contribution is -0.105. The highest BCUT2D eigenvalue weighted by Crippen LogP contribution is 2.17. The second kappa shape index (κ2) is 4.57. The maximum absolute atomic E-state index is 11.5. The number of hydrogen-bond acceptors (Lipinski definition) is 3. The third kappa shape index (κ3) is 2.89. The van der Waals surface area contributed by atoms with Crippen molar-refractivity contribution in [2.75, 3.05) is 5.75 Å². The van der Waals surface area contributed by atoms with Crippen LogP contribution in [0.1, 0.15) is 25.3 Å². The van der Waals surface area contributed by atoms with E-state index in [9.17, 15) is 13.2 Å². The Balaban J connectivity index is 3.04. The molecule has 1 aromatic carbocycles. The third-order valence-electron chi connectivity index (χ3n) is 2.19. The summed E-state index contributed by atoms with van der Waals surface area (Å²) in [5.74, 6) is -0.0820. The summed E-state index contributed by atoms with van der Waals surface area (Å²) in [4.78, 5) is 10.4. The van der Waals surface area contributed by atoms with Crippen LogP contribution in [0.4, 0.5) is 0 Å². The summed E-state index contributed by atoms with van der Waals surface area (Å²) < 4.78 is 23.0. The topological polar surface area (TPSA) is 51.2 Å². The van der Waals surface area contributed by atoms with Crippen LogP contribution in [0, 0.1) is 0 Å². The summed E-state index contributed by atoms with van der Waals surface area (Å²) in [5.41, 5.74) is 1.08. The van der Waals surface area contributed by atoms with Crippen LogP contribution in [0.15, 0.2) is 29.2 Å². The molecular formula is C11H14O3S. The molecule has 1 rings (SSSR count). The molecule has 0 aliphatic rings. The van der Waals surface area contributed by atoms with Crippen molar-refractivity contribution in [1.82, 2.24) is 0 Å². The predicted octanol–water partition coefficient (Wildman–Crippen LogP) is 1.78. The smallest absolute Gasteiger partial charge is 0.185 e. The van der Waals surface area contributed by atoms with Gasteiger partial charge in [-0.2, -0.15) is 0 Å². The van der Waals surface area contributed by atoms with Gasteiger partial charge in [-0.15, -0.1) is 0 Å². The standard InChI is InChI=1S/C11H14O3S/c1-9(2)10-3-5-11(6-4-10)15(13,14)8-7-12/h3-7,9H,8H2,1-2H3. The first-order chi connectivity index (χ1) is 6.97. The molecule has 0 aliphatic carbocycles. The van der Waals surface area contributed by atoms with Gasteiger partial charge in [0.1, 0.15) is 12.0 Å². The zero-order valence-corrected chi connectivity index (χ0v) is 9.62. The highest BCUT2D eigenvalue weighted by Gasteiger charge is 2.13. The van der Waals surface area contributed by atoms with Crippen molar-refractivity contribution in [3.8, 4) is 0 Å². The largest absolute Gasteiger partial charge is 0.302 e. The molecule has 82 valence electrons. The van der Waals surface area contributed by atoms with Crippen LogP contribution in [0.2, 0.25) is 0 Å². The molecule has 0 N–H and O–H groups in total. The van der Waals surface area contributed by atoms with E-state index in [4.69, 9.17) is 0 Å². The Morgan fingerprint density at radius 1 is 1.20 bits per heavy atom. The molecule has 0 saturated heterocycles. The second-order valence-electron chi connectivity index (χ2n) is 3.67. The first-order valence-electron chi connectivity index (χ1n) is 4.73. The highest BCUT2D eigenvalue weighted by molar-refractivity contribution is 7.92. The minimum absolute atomic E-state index is 0.207. The van der Waals surface area contributed by atoms with E-state index in [1.807, 2.05) is 13.8 Å². The first-order valence-corrected chi connectivity index (χ1v) is 6.39. The SMILES string of the molecule is CC(C)c1ccc(S(=O)(=O)CC=O)cc1. The predicted molar refractivity (Wildman–Crippen MR) is 58.6 cm³/mol. The fraction of sp³-hybridized carbons (Fsp3) is 0.364.